The largest absolute Gasteiger partial charge is 0.378 e. The van der Waals surface area contributed by atoms with Gasteiger partial charge in [0.15, 0.2) is 15.0 Å². The van der Waals surface area contributed by atoms with Gasteiger partial charge in [0.25, 0.3) is 0 Å². The van der Waals surface area contributed by atoms with Crippen molar-refractivity contribution >= 4 is 44.0 Å². The summed E-state index contributed by atoms with van der Waals surface area (Å²) in [4.78, 5) is 19.4. The summed E-state index contributed by atoms with van der Waals surface area (Å²) in [6.07, 6.45) is 0. The molecule has 3 rings (SSSR count). The molecular formula is C15H19N3O3S2. The molecule has 2 heterocycles. The number of carbonyl (C=O) groups excluding carboxylic acids is 1. The predicted molar refractivity (Wildman–Crippen MR) is 95.2 cm³/mol. The van der Waals surface area contributed by atoms with Crippen molar-refractivity contribution in [2.24, 2.45) is 4.99 Å². The molecule has 124 valence electrons. The number of fused-ring (bicyclic) bond motifs is 1. The highest BCUT2D eigenvalue weighted by Gasteiger charge is 2.49. The number of rotatable bonds is 2. The third kappa shape index (κ3) is 3.23. The number of nitrogens with zero attached hydrogens (tertiary/aromatic N) is 3. The van der Waals surface area contributed by atoms with Crippen molar-refractivity contribution in [1.29, 1.82) is 0 Å². The van der Waals surface area contributed by atoms with Crippen molar-refractivity contribution in [3.05, 3.63) is 24.3 Å². The molecule has 23 heavy (non-hydrogen) atoms. The summed E-state index contributed by atoms with van der Waals surface area (Å²) >= 11 is 1.39. The fourth-order valence-corrected chi connectivity index (χ4v) is 6.87. The molecule has 2 aliphatic heterocycles. The summed E-state index contributed by atoms with van der Waals surface area (Å²) in [5, 5.41) is 0.534. The molecule has 2 aliphatic rings. The first-order valence-electron chi connectivity index (χ1n) is 7.30. The number of hydrogen-bond acceptors (Lipinski definition) is 5. The highest BCUT2D eigenvalue weighted by molar-refractivity contribution is 8.16. The number of anilines is 2. The van der Waals surface area contributed by atoms with Gasteiger partial charge in [-0.1, -0.05) is 11.8 Å². The van der Waals surface area contributed by atoms with Crippen LogP contribution < -0.4 is 9.80 Å². The van der Waals surface area contributed by atoms with Gasteiger partial charge in [0.1, 0.15) is 0 Å². The number of thioether (sulfide) groups is 1. The summed E-state index contributed by atoms with van der Waals surface area (Å²) in [5.41, 5.74) is 1.92. The summed E-state index contributed by atoms with van der Waals surface area (Å²) < 4.78 is 23.9. The van der Waals surface area contributed by atoms with E-state index in [0.29, 0.717) is 5.17 Å². The fourth-order valence-electron chi connectivity index (χ4n) is 2.91. The minimum atomic E-state index is -3.03. The zero-order valence-electron chi connectivity index (χ0n) is 13.3. The normalized spacial score (nSPS) is 27.3. The number of amidine groups is 1. The fraction of sp³-hybridized carbons (Fsp3) is 0.467. The van der Waals surface area contributed by atoms with Crippen LogP contribution in [0.3, 0.4) is 0 Å². The Morgan fingerprint density at radius 3 is 2.48 bits per heavy atom. The van der Waals surface area contributed by atoms with E-state index in [1.807, 2.05) is 48.2 Å². The molecule has 0 saturated carbocycles. The maximum Gasteiger partial charge on any atom is 0.244 e. The Bertz CT molecular complexity index is 757. The SMILES string of the molecule is CC(=O)N=C1S[C@H]2CS(=O)(=O)C[C@H]2N1c1ccc(N(C)C)cc1. The lowest BCUT2D eigenvalue weighted by Crippen LogP contribution is -2.37. The Hall–Kier alpha value is -1.54. The van der Waals surface area contributed by atoms with Crippen LogP contribution >= 0.6 is 11.8 Å². The van der Waals surface area contributed by atoms with Crippen LogP contribution in [-0.2, 0) is 14.6 Å². The van der Waals surface area contributed by atoms with Gasteiger partial charge in [-0.25, -0.2) is 8.42 Å². The van der Waals surface area contributed by atoms with Gasteiger partial charge < -0.3 is 9.80 Å². The maximum absolute atomic E-state index is 11.9. The number of carbonyl (C=O) groups is 1. The van der Waals surface area contributed by atoms with Crippen molar-refractivity contribution in [2.45, 2.75) is 18.2 Å². The molecule has 0 N–H and O–H groups in total. The minimum absolute atomic E-state index is 0.0633. The van der Waals surface area contributed by atoms with Crippen molar-refractivity contribution in [1.82, 2.24) is 0 Å². The van der Waals surface area contributed by atoms with E-state index in [-0.39, 0.29) is 28.7 Å². The molecule has 8 heteroatoms. The van der Waals surface area contributed by atoms with Gasteiger partial charge in [-0.3, -0.25) is 4.79 Å². The maximum atomic E-state index is 11.9. The van der Waals surface area contributed by atoms with Crippen molar-refractivity contribution < 1.29 is 13.2 Å². The van der Waals surface area contributed by atoms with Crippen LogP contribution in [0.4, 0.5) is 11.4 Å². The average Bonchev–Trinajstić information content (AvgIpc) is 2.89. The van der Waals surface area contributed by atoms with Crippen LogP contribution in [0.25, 0.3) is 0 Å². The predicted octanol–water partition coefficient (Wildman–Crippen LogP) is 1.37. The van der Waals surface area contributed by atoms with Crippen LogP contribution in [0.5, 0.6) is 0 Å². The van der Waals surface area contributed by atoms with Crippen LogP contribution in [0, 0.1) is 0 Å². The monoisotopic (exact) mass is 353 g/mol. The molecule has 0 bridgehead atoms. The zero-order chi connectivity index (χ0) is 16.8. The summed E-state index contributed by atoms with van der Waals surface area (Å²) in [6.45, 7) is 1.41. The Morgan fingerprint density at radius 2 is 1.91 bits per heavy atom. The first-order valence-corrected chi connectivity index (χ1v) is 10.00. The second kappa shape index (κ2) is 5.83. The third-order valence-corrected chi connectivity index (χ3v) is 7.17. The molecule has 0 aromatic heterocycles. The molecule has 0 unspecified atom stereocenters. The van der Waals surface area contributed by atoms with Crippen molar-refractivity contribution in [3.63, 3.8) is 0 Å². The minimum Gasteiger partial charge on any atom is -0.378 e. The summed E-state index contributed by atoms with van der Waals surface area (Å²) in [7, 11) is 0.892. The highest BCUT2D eigenvalue weighted by Crippen LogP contribution is 2.41. The lowest BCUT2D eigenvalue weighted by Gasteiger charge is -2.25. The van der Waals surface area contributed by atoms with Crippen molar-refractivity contribution in [2.75, 3.05) is 35.4 Å². The van der Waals surface area contributed by atoms with Gasteiger partial charge >= 0.3 is 0 Å². The number of aliphatic imine (C=N–C) groups is 1. The van der Waals surface area contributed by atoms with E-state index in [4.69, 9.17) is 0 Å². The van der Waals surface area contributed by atoms with E-state index in [1.54, 1.807) is 0 Å². The summed E-state index contributed by atoms with van der Waals surface area (Å²) in [6, 6.07) is 7.68. The number of amides is 1. The van der Waals surface area contributed by atoms with Crippen LogP contribution in [0.2, 0.25) is 0 Å². The van der Waals surface area contributed by atoms with E-state index in [1.165, 1.54) is 18.7 Å². The third-order valence-electron chi connectivity index (χ3n) is 3.96. The lowest BCUT2D eigenvalue weighted by atomic mass is 10.2. The Balaban J connectivity index is 1.99. The Kier molecular flexibility index (Phi) is 4.14. The first-order chi connectivity index (χ1) is 10.8. The van der Waals surface area contributed by atoms with Crippen LogP contribution in [0.15, 0.2) is 29.3 Å². The zero-order valence-corrected chi connectivity index (χ0v) is 14.9. The molecule has 1 aromatic carbocycles. The quantitative estimate of drug-likeness (QED) is 0.800. The van der Waals surface area contributed by atoms with Gasteiger partial charge in [0.2, 0.25) is 5.91 Å². The van der Waals surface area contributed by atoms with E-state index in [9.17, 15) is 13.2 Å². The second-order valence-corrected chi connectivity index (χ2v) is 9.35. The van der Waals surface area contributed by atoms with Crippen LogP contribution in [-0.4, -0.2) is 56.4 Å². The van der Waals surface area contributed by atoms with Gasteiger partial charge in [0, 0.05) is 37.6 Å². The van der Waals surface area contributed by atoms with Gasteiger partial charge in [0.05, 0.1) is 17.5 Å². The van der Waals surface area contributed by atoms with Crippen LogP contribution in [0.1, 0.15) is 6.92 Å². The van der Waals surface area contributed by atoms with E-state index >= 15 is 0 Å². The first kappa shape index (κ1) is 16.3. The molecule has 1 amide bonds. The van der Waals surface area contributed by atoms with E-state index in [2.05, 4.69) is 4.99 Å². The number of hydrogen-bond donors (Lipinski definition) is 0. The second-order valence-electron chi connectivity index (χ2n) is 5.99. The van der Waals surface area contributed by atoms with Gasteiger partial charge in [-0.2, -0.15) is 4.99 Å². The molecular weight excluding hydrogens is 334 g/mol. The molecule has 0 radical (unpaired) electrons. The molecule has 0 aliphatic carbocycles. The molecule has 2 atom stereocenters. The molecule has 6 nitrogen and oxygen atoms in total. The van der Waals surface area contributed by atoms with Crippen molar-refractivity contribution in [3.8, 4) is 0 Å². The molecule has 2 saturated heterocycles. The highest BCUT2D eigenvalue weighted by atomic mass is 32.2. The molecule has 1 aromatic rings. The van der Waals surface area contributed by atoms with Gasteiger partial charge in [-0.05, 0) is 24.3 Å². The van der Waals surface area contributed by atoms with E-state index < -0.39 is 9.84 Å². The standard InChI is InChI=1S/C15H19N3O3S2/c1-10(19)16-15-18(12-6-4-11(5-7-12)17(2)3)13-8-23(20,21)9-14(13)22-15/h4-7,13-14H,8-9H2,1-3H3/t13-,14+/m1/s1. The number of sulfone groups is 1. The Morgan fingerprint density at radius 1 is 1.26 bits per heavy atom. The Labute approximate surface area is 140 Å². The average molecular weight is 353 g/mol. The topological polar surface area (TPSA) is 70.0 Å². The summed E-state index contributed by atoms with van der Waals surface area (Å²) in [5.74, 6) is -0.0204. The number of benzene rings is 1. The lowest BCUT2D eigenvalue weighted by molar-refractivity contribution is -0.115. The molecule has 2 fully saturated rings. The van der Waals surface area contributed by atoms with Gasteiger partial charge in [-0.15, -0.1) is 0 Å². The molecule has 0 spiro atoms. The van der Waals surface area contributed by atoms with E-state index in [0.717, 1.165) is 11.4 Å². The smallest absolute Gasteiger partial charge is 0.244 e.